The second-order valence-electron chi connectivity index (χ2n) is 7.00. The zero-order chi connectivity index (χ0) is 23.1. The third-order valence-electron chi connectivity index (χ3n) is 4.66. The predicted octanol–water partition coefficient (Wildman–Crippen LogP) is 6.06. The highest BCUT2D eigenvalue weighted by molar-refractivity contribution is 9.10. The highest BCUT2D eigenvalue weighted by Crippen LogP contribution is 2.34. The summed E-state index contributed by atoms with van der Waals surface area (Å²) in [6.07, 6.45) is 0. The molecular weight excluding hydrogens is 496 g/mol. The third kappa shape index (κ3) is 6.31. The maximum Gasteiger partial charge on any atom is 0.262 e. The molecule has 1 amide bonds. The van der Waals surface area contributed by atoms with Gasteiger partial charge in [-0.15, -0.1) is 0 Å². The topological polar surface area (TPSA) is 68.8 Å². The molecule has 0 aliphatic heterocycles. The van der Waals surface area contributed by atoms with Crippen LogP contribution in [-0.4, -0.2) is 26.7 Å². The van der Waals surface area contributed by atoms with Crippen LogP contribution in [0, 0.1) is 6.92 Å². The van der Waals surface area contributed by atoms with E-state index in [1.807, 2.05) is 43.3 Å². The number of nitrogens with one attached hydrogen (secondary N) is 2. The molecule has 2 N–H and O–H groups in total. The zero-order valence-electron chi connectivity index (χ0n) is 18.0. The predicted molar refractivity (Wildman–Crippen MR) is 131 cm³/mol. The van der Waals surface area contributed by atoms with E-state index in [1.54, 1.807) is 32.4 Å². The van der Waals surface area contributed by atoms with E-state index in [0.717, 1.165) is 27.0 Å². The summed E-state index contributed by atoms with van der Waals surface area (Å²) in [6.45, 7) is 2.37. The van der Waals surface area contributed by atoms with Crippen molar-refractivity contribution in [3.63, 3.8) is 0 Å². The van der Waals surface area contributed by atoms with Gasteiger partial charge in [0.1, 0.15) is 5.75 Å². The maximum atomic E-state index is 12.2. The largest absolute Gasteiger partial charge is 0.495 e. The van der Waals surface area contributed by atoms with Crippen molar-refractivity contribution in [3.05, 3.63) is 75.2 Å². The van der Waals surface area contributed by atoms with Crippen molar-refractivity contribution in [1.29, 1.82) is 0 Å². The number of hydrogen-bond acceptors (Lipinski definition) is 5. The standard InChI is InChI=1S/C24H24BrClN2O4/c1-15-4-6-17(7-5-15)28-24(29)14-32-23-12-19(25)16(10-22(23)31-3)13-27-18-8-9-21(30-2)20(26)11-18/h4-12,27H,13-14H2,1-3H3,(H,28,29). The Morgan fingerprint density at radius 2 is 1.62 bits per heavy atom. The first-order valence-electron chi connectivity index (χ1n) is 9.82. The summed E-state index contributed by atoms with van der Waals surface area (Å²) in [7, 11) is 3.14. The van der Waals surface area contributed by atoms with E-state index in [9.17, 15) is 4.79 Å². The van der Waals surface area contributed by atoms with Crippen LogP contribution in [0.25, 0.3) is 0 Å². The summed E-state index contributed by atoms with van der Waals surface area (Å²) in [5, 5.41) is 6.65. The van der Waals surface area contributed by atoms with Gasteiger partial charge in [-0.3, -0.25) is 4.79 Å². The van der Waals surface area contributed by atoms with Gasteiger partial charge < -0.3 is 24.8 Å². The van der Waals surface area contributed by atoms with Crippen LogP contribution in [0.5, 0.6) is 17.2 Å². The molecule has 0 aromatic heterocycles. The van der Waals surface area contributed by atoms with Crippen LogP contribution in [0.2, 0.25) is 5.02 Å². The lowest BCUT2D eigenvalue weighted by Gasteiger charge is -2.15. The first-order valence-corrected chi connectivity index (χ1v) is 11.0. The zero-order valence-corrected chi connectivity index (χ0v) is 20.3. The van der Waals surface area contributed by atoms with E-state index in [1.165, 1.54) is 0 Å². The molecule has 3 aromatic carbocycles. The highest BCUT2D eigenvalue weighted by atomic mass is 79.9. The van der Waals surface area contributed by atoms with Crippen molar-refractivity contribution in [2.75, 3.05) is 31.5 Å². The van der Waals surface area contributed by atoms with E-state index in [0.29, 0.717) is 28.8 Å². The molecular formula is C24H24BrClN2O4. The van der Waals surface area contributed by atoms with E-state index in [2.05, 4.69) is 26.6 Å². The first-order chi connectivity index (χ1) is 15.4. The summed E-state index contributed by atoms with van der Waals surface area (Å²) >= 11 is 9.75. The van der Waals surface area contributed by atoms with Crippen molar-refractivity contribution in [2.24, 2.45) is 0 Å². The minimum atomic E-state index is -0.255. The van der Waals surface area contributed by atoms with Gasteiger partial charge in [0.2, 0.25) is 0 Å². The van der Waals surface area contributed by atoms with E-state index in [-0.39, 0.29) is 12.5 Å². The number of methoxy groups -OCH3 is 2. The Morgan fingerprint density at radius 3 is 2.28 bits per heavy atom. The Bertz CT molecular complexity index is 1090. The van der Waals surface area contributed by atoms with Gasteiger partial charge in [0, 0.05) is 22.4 Å². The molecule has 0 saturated heterocycles. The fourth-order valence-electron chi connectivity index (χ4n) is 2.94. The number of carbonyl (C=O) groups excluding carboxylic acids is 1. The lowest BCUT2D eigenvalue weighted by Crippen LogP contribution is -2.20. The number of halogens is 2. The Labute approximate surface area is 201 Å². The highest BCUT2D eigenvalue weighted by Gasteiger charge is 2.13. The maximum absolute atomic E-state index is 12.2. The molecule has 0 aliphatic rings. The second kappa shape index (κ2) is 11.1. The van der Waals surface area contributed by atoms with Crippen molar-refractivity contribution in [3.8, 4) is 17.2 Å². The molecule has 32 heavy (non-hydrogen) atoms. The number of carbonyl (C=O) groups is 1. The normalized spacial score (nSPS) is 10.4. The quantitative estimate of drug-likeness (QED) is 0.360. The summed E-state index contributed by atoms with van der Waals surface area (Å²) < 4.78 is 17.2. The van der Waals surface area contributed by atoms with Gasteiger partial charge in [-0.05, 0) is 55.0 Å². The van der Waals surface area contributed by atoms with Gasteiger partial charge in [0.05, 0.1) is 19.2 Å². The lowest BCUT2D eigenvalue weighted by molar-refractivity contribution is -0.118. The molecule has 0 unspecified atom stereocenters. The molecule has 0 radical (unpaired) electrons. The Hall–Kier alpha value is -2.90. The number of ether oxygens (including phenoxy) is 3. The third-order valence-corrected chi connectivity index (χ3v) is 5.70. The van der Waals surface area contributed by atoms with Crippen LogP contribution < -0.4 is 24.8 Å². The number of aryl methyl sites for hydroxylation is 1. The molecule has 3 rings (SSSR count). The van der Waals surface area contributed by atoms with Crippen LogP contribution in [0.15, 0.2) is 59.1 Å². The van der Waals surface area contributed by atoms with E-state index >= 15 is 0 Å². The molecule has 8 heteroatoms. The van der Waals surface area contributed by atoms with Crippen molar-refractivity contribution >= 4 is 44.8 Å². The fourth-order valence-corrected chi connectivity index (χ4v) is 3.66. The second-order valence-corrected chi connectivity index (χ2v) is 8.26. The van der Waals surface area contributed by atoms with Gasteiger partial charge in [0.15, 0.2) is 18.1 Å². The summed E-state index contributed by atoms with van der Waals surface area (Å²) in [5.41, 5.74) is 3.65. The number of benzene rings is 3. The van der Waals surface area contributed by atoms with E-state index in [4.69, 9.17) is 25.8 Å². The smallest absolute Gasteiger partial charge is 0.262 e. The lowest BCUT2D eigenvalue weighted by atomic mass is 10.2. The minimum absolute atomic E-state index is 0.140. The summed E-state index contributed by atoms with van der Waals surface area (Å²) in [5.74, 6) is 1.36. The summed E-state index contributed by atoms with van der Waals surface area (Å²) in [6, 6.07) is 16.7. The van der Waals surface area contributed by atoms with Crippen LogP contribution >= 0.6 is 27.5 Å². The number of hydrogen-bond donors (Lipinski definition) is 2. The molecule has 0 atom stereocenters. The molecule has 0 aliphatic carbocycles. The molecule has 3 aromatic rings. The van der Waals surface area contributed by atoms with Crippen molar-refractivity contribution in [2.45, 2.75) is 13.5 Å². The van der Waals surface area contributed by atoms with Gasteiger partial charge >= 0.3 is 0 Å². The molecule has 0 spiro atoms. The van der Waals surface area contributed by atoms with Crippen molar-refractivity contribution < 1.29 is 19.0 Å². The molecule has 0 bridgehead atoms. The fraction of sp³-hybridized carbons (Fsp3) is 0.208. The summed E-state index contributed by atoms with van der Waals surface area (Å²) in [4.78, 5) is 12.2. The van der Waals surface area contributed by atoms with Crippen molar-refractivity contribution in [1.82, 2.24) is 0 Å². The first kappa shape index (κ1) is 23.8. The monoisotopic (exact) mass is 518 g/mol. The molecule has 0 fully saturated rings. The molecule has 168 valence electrons. The Kier molecular flexibility index (Phi) is 8.25. The average Bonchev–Trinajstić information content (AvgIpc) is 2.78. The number of amides is 1. The SMILES string of the molecule is COc1ccc(NCc2cc(OC)c(OCC(=O)Nc3ccc(C)cc3)cc2Br)cc1Cl. The van der Waals surface area contributed by atoms with Crippen LogP contribution in [0.1, 0.15) is 11.1 Å². The Balaban J connectivity index is 1.63. The number of anilines is 2. The Morgan fingerprint density at radius 1 is 0.938 bits per heavy atom. The molecule has 0 saturated carbocycles. The van der Waals surface area contributed by atoms with Gasteiger partial charge in [0.25, 0.3) is 5.91 Å². The van der Waals surface area contributed by atoms with Gasteiger partial charge in [-0.25, -0.2) is 0 Å². The van der Waals surface area contributed by atoms with Crippen LogP contribution in [0.3, 0.4) is 0 Å². The van der Waals surface area contributed by atoms with Crippen LogP contribution in [0.4, 0.5) is 11.4 Å². The van der Waals surface area contributed by atoms with Gasteiger partial charge in [-0.2, -0.15) is 0 Å². The van der Waals surface area contributed by atoms with Gasteiger partial charge in [-0.1, -0.05) is 45.2 Å². The van der Waals surface area contributed by atoms with Crippen LogP contribution in [-0.2, 0) is 11.3 Å². The molecule has 6 nitrogen and oxygen atoms in total. The molecule has 0 heterocycles. The minimum Gasteiger partial charge on any atom is -0.495 e. The average molecular weight is 520 g/mol. The van der Waals surface area contributed by atoms with E-state index < -0.39 is 0 Å². The number of rotatable bonds is 9.